The average molecular weight is 391 g/mol. The van der Waals surface area contributed by atoms with Crippen molar-refractivity contribution in [3.63, 3.8) is 0 Å². The standard InChI is InChI=1S/C21H17N3O5/c25-18(24-11-10-22-21(24)27)13-28-20(26)16-9-5-4-8-15(16)19-23-12-17(29-19)14-6-2-1-3-7-14/h1-9,12H,10-11,13H2,(H,22,27). The largest absolute Gasteiger partial charge is 0.452 e. The summed E-state index contributed by atoms with van der Waals surface area (Å²) in [5.74, 6) is -0.443. The quantitative estimate of drug-likeness (QED) is 0.671. The van der Waals surface area contributed by atoms with Crippen LogP contribution in [0.2, 0.25) is 0 Å². The van der Waals surface area contributed by atoms with E-state index in [0.29, 0.717) is 17.9 Å². The Morgan fingerprint density at radius 1 is 1.10 bits per heavy atom. The molecule has 1 saturated heterocycles. The van der Waals surface area contributed by atoms with Gasteiger partial charge in [-0.2, -0.15) is 0 Å². The van der Waals surface area contributed by atoms with Crippen molar-refractivity contribution < 1.29 is 23.5 Å². The minimum absolute atomic E-state index is 0.215. The molecule has 29 heavy (non-hydrogen) atoms. The highest BCUT2D eigenvalue weighted by molar-refractivity contribution is 6.00. The van der Waals surface area contributed by atoms with E-state index in [0.717, 1.165) is 10.5 Å². The molecule has 0 atom stereocenters. The molecule has 0 saturated carbocycles. The van der Waals surface area contributed by atoms with Crippen molar-refractivity contribution in [2.45, 2.75) is 0 Å². The van der Waals surface area contributed by atoms with Crippen molar-refractivity contribution in [3.8, 4) is 22.8 Å². The normalized spacial score (nSPS) is 13.2. The van der Waals surface area contributed by atoms with E-state index in [1.165, 1.54) is 0 Å². The third-order valence-corrected chi connectivity index (χ3v) is 4.43. The minimum atomic E-state index is -0.701. The molecule has 8 heteroatoms. The molecule has 1 aliphatic rings. The van der Waals surface area contributed by atoms with Crippen LogP contribution in [-0.4, -0.2) is 47.5 Å². The number of nitrogens with one attached hydrogen (secondary N) is 1. The van der Waals surface area contributed by atoms with Gasteiger partial charge in [-0.25, -0.2) is 14.6 Å². The lowest BCUT2D eigenvalue weighted by Crippen LogP contribution is -2.37. The number of carbonyl (C=O) groups excluding carboxylic acids is 3. The smallest absolute Gasteiger partial charge is 0.339 e. The van der Waals surface area contributed by atoms with Gasteiger partial charge in [0.2, 0.25) is 5.89 Å². The molecule has 1 fully saturated rings. The Bertz CT molecular complexity index is 1060. The monoisotopic (exact) mass is 391 g/mol. The molecule has 0 radical (unpaired) electrons. The number of nitrogens with zero attached hydrogens (tertiary/aromatic N) is 2. The molecule has 2 aromatic carbocycles. The van der Waals surface area contributed by atoms with Crippen LogP contribution in [0.15, 0.2) is 65.2 Å². The first kappa shape index (κ1) is 18.4. The van der Waals surface area contributed by atoms with Crippen LogP contribution in [0.25, 0.3) is 22.8 Å². The van der Waals surface area contributed by atoms with Gasteiger partial charge in [0.15, 0.2) is 12.4 Å². The van der Waals surface area contributed by atoms with Gasteiger partial charge >= 0.3 is 12.0 Å². The van der Waals surface area contributed by atoms with Gasteiger partial charge in [-0.1, -0.05) is 42.5 Å². The molecular weight excluding hydrogens is 374 g/mol. The molecule has 3 amide bonds. The summed E-state index contributed by atoms with van der Waals surface area (Å²) in [4.78, 5) is 41.4. The molecule has 8 nitrogen and oxygen atoms in total. The van der Waals surface area contributed by atoms with E-state index in [4.69, 9.17) is 9.15 Å². The summed E-state index contributed by atoms with van der Waals surface area (Å²) in [5, 5.41) is 2.52. The predicted molar refractivity (Wildman–Crippen MR) is 103 cm³/mol. The van der Waals surface area contributed by atoms with Crippen LogP contribution in [0.5, 0.6) is 0 Å². The summed E-state index contributed by atoms with van der Waals surface area (Å²) < 4.78 is 10.9. The fraction of sp³-hybridized carbons (Fsp3) is 0.143. The number of rotatable bonds is 5. The van der Waals surface area contributed by atoms with Crippen LogP contribution in [-0.2, 0) is 9.53 Å². The summed E-state index contributed by atoms with van der Waals surface area (Å²) in [5.41, 5.74) is 1.53. The highest BCUT2D eigenvalue weighted by Crippen LogP contribution is 2.28. The SMILES string of the molecule is O=C(OCC(=O)N1CCNC1=O)c1ccccc1-c1ncc(-c2ccccc2)o1. The lowest BCUT2D eigenvalue weighted by Gasteiger charge is -2.12. The second-order valence-electron chi connectivity index (χ2n) is 6.29. The minimum Gasteiger partial charge on any atom is -0.452 e. The van der Waals surface area contributed by atoms with Crippen LogP contribution < -0.4 is 5.32 Å². The second-order valence-corrected chi connectivity index (χ2v) is 6.29. The van der Waals surface area contributed by atoms with Gasteiger partial charge in [-0.05, 0) is 12.1 Å². The van der Waals surface area contributed by atoms with Gasteiger partial charge in [0.1, 0.15) is 0 Å². The molecule has 1 aliphatic heterocycles. The highest BCUT2D eigenvalue weighted by Gasteiger charge is 2.27. The molecule has 3 aromatic rings. The van der Waals surface area contributed by atoms with Gasteiger partial charge in [0.25, 0.3) is 5.91 Å². The summed E-state index contributed by atoms with van der Waals surface area (Å²) in [7, 11) is 0. The highest BCUT2D eigenvalue weighted by atomic mass is 16.5. The van der Waals surface area contributed by atoms with Crippen molar-refractivity contribution in [1.29, 1.82) is 0 Å². The number of urea groups is 1. The Morgan fingerprint density at radius 3 is 2.62 bits per heavy atom. The molecule has 2 heterocycles. The van der Waals surface area contributed by atoms with E-state index in [-0.39, 0.29) is 18.0 Å². The summed E-state index contributed by atoms with van der Waals surface area (Å²) in [6.45, 7) is 0.112. The lowest BCUT2D eigenvalue weighted by atomic mass is 10.1. The number of carbonyl (C=O) groups is 3. The zero-order valence-corrected chi connectivity index (χ0v) is 15.3. The number of amides is 3. The van der Waals surface area contributed by atoms with E-state index in [1.54, 1.807) is 30.5 Å². The summed E-state index contributed by atoms with van der Waals surface area (Å²) in [6.07, 6.45) is 1.59. The van der Waals surface area contributed by atoms with Crippen molar-refractivity contribution in [3.05, 3.63) is 66.4 Å². The number of benzene rings is 2. The number of ether oxygens (including phenoxy) is 1. The zero-order chi connectivity index (χ0) is 20.2. The molecule has 4 rings (SSSR count). The lowest BCUT2D eigenvalue weighted by molar-refractivity contribution is -0.130. The van der Waals surface area contributed by atoms with Crippen molar-refractivity contribution in [2.24, 2.45) is 0 Å². The first-order valence-electron chi connectivity index (χ1n) is 8.99. The number of hydrogen-bond acceptors (Lipinski definition) is 6. The summed E-state index contributed by atoms with van der Waals surface area (Å²) in [6, 6.07) is 15.7. The number of oxazole rings is 1. The fourth-order valence-corrected chi connectivity index (χ4v) is 2.97. The van der Waals surface area contributed by atoms with Crippen LogP contribution in [0, 0.1) is 0 Å². The molecule has 1 aromatic heterocycles. The Hall–Kier alpha value is -3.94. The second kappa shape index (κ2) is 7.97. The van der Waals surface area contributed by atoms with Gasteiger partial charge in [0, 0.05) is 18.7 Å². The van der Waals surface area contributed by atoms with Gasteiger partial charge in [0.05, 0.1) is 17.3 Å². The molecular formula is C21H17N3O5. The fourth-order valence-electron chi connectivity index (χ4n) is 2.97. The average Bonchev–Trinajstić information content (AvgIpc) is 3.42. The molecule has 0 aliphatic carbocycles. The Balaban J connectivity index is 1.51. The van der Waals surface area contributed by atoms with E-state index in [9.17, 15) is 14.4 Å². The number of esters is 1. The van der Waals surface area contributed by atoms with E-state index in [2.05, 4.69) is 10.3 Å². The van der Waals surface area contributed by atoms with Crippen LogP contribution in [0.4, 0.5) is 4.79 Å². The Labute approximate surface area is 166 Å². The topological polar surface area (TPSA) is 102 Å². The van der Waals surface area contributed by atoms with Crippen LogP contribution in [0.3, 0.4) is 0 Å². The van der Waals surface area contributed by atoms with Crippen LogP contribution >= 0.6 is 0 Å². The first-order chi connectivity index (χ1) is 14.1. The van der Waals surface area contributed by atoms with E-state index < -0.39 is 24.5 Å². The maximum absolute atomic E-state index is 12.6. The summed E-state index contributed by atoms with van der Waals surface area (Å²) >= 11 is 0. The van der Waals surface area contributed by atoms with Gasteiger partial charge < -0.3 is 14.5 Å². The van der Waals surface area contributed by atoms with E-state index in [1.807, 2.05) is 30.3 Å². The Morgan fingerprint density at radius 2 is 1.86 bits per heavy atom. The van der Waals surface area contributed by atoms with Crippen LogP contribution in [0.1, 0.15) is 10.4 Å². The molecule has 1 N–H and O–H groups in total. The number of aromatic nitrogens is 1. The maximum Gasteiger partial charge on any atom is 0.339 e. The third kappa shape index (κ3) is 3.86. The maximum atomic E-state index is 12.6. The number of hydrogen-bond donors (Lipinski definition) is 1. The van der Waals surface area contributed by atoms with Gasteiger partial charge in [-0.3, -0.25) is 9.69 Å². The van der Waals surface area contributed by atoms with Gasteiger partial charge in [-0.15, -0.1) is 0 Å². The first-order valence-corrected chi connectivity index (χ1v) is 8.99. The Kier molecular flexibility index (Phi) is 5.07. The molecule has 0 unspecified atom stereocenters. The van der Waals surface area contributed by atoms with Crippen molar-refractivity contribution in [2.75, 3.05) is 19.7 Å². The molecule has 146 valence electrons. The molecule has 0 spiro atoms. The zero-order valence-electron chi connectivity index (χ0n) is 15.3. The number of imide groups is 1. The van der Waals surface area contributed by atoms with E-state index >= 15 is 0 Å². The van der Waals surface area contributed by atoms with Crippen molar-refractivity contribution >= 4 is 17.9 Å². The third-order valence-electron chi connectivity index (χ3n) is 4.43. The van der Waals surface area contributed by atoms with Crippen molar-refractivity contribution in [1.82, 2.24) is 15.2 Å². The predicted octanol–water partition coefficient (Wildman–Crippen LogP) is 2.72. The molecule has 0 bridgehead atoms.